The van der Waals surface area contributed by atoms with Gasteiger partial charge in [0, 0.05) is 18.6 Å². The zero-order valence-electron chi connectivity index (χ0n) is 18.9. The maximum Gasteiger partial charge on any atom is 0.266 e. The lowest BCUT2D eigenvalue weighted by molar-refractivity contribution is -0.119. The molecule has 0 saturated carbocycles. The van der Waals surface area contributed by atoms with E-state index in [9.17, 15) is 23.2 Å². The number of hydrogen-bond donors (Lipinski definition) is 1. The van der Waals surface area contributed by atoms with Crippen molar-refractivity contribution in [3.05, 3.63) is 99.8 Å². The zero-order valence-corrected chi connectivity index (χ0v) is 19.7. The molecule has 0 fully saturated rings. The first-order valence-electron chi connectivity index (χ1n) is 10.7. The summed E-state index contributed by atoms with van der Waals surface area (Å²) in [6, 6.07) is 16.2. The van der Waals surface area contributed by atoms with Crippen molar-refractivity contribution in [2.75, 3.05) is 5.75 Å². The zero-order chi connectivity index (χ0) is 25.1. The molecule has 0 aliphatic rings. The number of aromatic nitrogens is 2. The summed E-state index contributed by atoms with van der Waals surface area (Å²) in [5, 5.41) is 3.17. The van der Waals surface area contributed by atoms with Gasteiger partial charge < -0.3 is 5.32 Å². The van der Waals surface area contributed by atoms with Gasteiger partial charge in [0.05, 0.1) is 28.4 Å². The summed E-state index contributed by atoms with van der Waals surface area (Å²) >= 11 is 0.991. The van der Waals surface area contributed by atoms with E-state index >= 15 is 0 Å². The number of nitrogens with one attached hydrogen (secondary N) is 1. The van der Waals surface area contributed by atoms with Crippen LogP contribution in [-0.2, 0) is 4.79 Å². The van der Waals surface area contributed by atoms with Crippen molar-refractivity contribution in [1.29, 1.82) is 0 Å². The van der Waals surface area contributed by atoms with Crippen molar-refractivity contribution in [2.24, 2.45) is 0 Å². The molecule has 178 valence electrons. The third-order valence-corrected chi connectivity index (χ3v) is 6.32. The Kier molecular flexibility index (Phi) is 7.07. The molecule has 4 aromatic rings. The van der Waals surface area contributed by atoms with Crippen LogP contribution in [0.4, 0.5) is 8.78 Å². The number of Topliss-reactive ketones (excluding diaryl/α,β-unsaturated/α-hetero) is 1. The van der Waals surface area contributed by atoms with E-state index in [2.05, 4.69) is 10.3 Å². The second-order valence-electron chi connectivity index (χ2n) is 7.90. The Labute approximate surface area is 204 Å². The van der Waals surface area contributed by atoms with Crippen LogP contribution >= 0.6 is 11.8 Å². The average molecular weight is 494 g/mol. The Hall–Kier alpha value is -3.85. The van der Waals surface area contributed by atoms with Crippen LogP contribution in [0.5, 0.6) is 0 Å². The summed E-state index contributed by atoms with van der Waals surface area (Å²) in [5.74, 6) is -2.12. The Bertz CT molecular complexity index is 1490. The second kappa shape index (κ2) is 10.2. The fourth-order valence-electron chi connectivity index (χ4n) is 3.64. The number of hydrogen-bond acceptors (Lipinski definition) is 5. The van der Waals surface area contributed by atoms with Crippen molar-refractivity contribution in [3.63, 3.8) is 0 Å². The summed E-state index contributed by atoms with van der Waals surface area (Å²) in [6.45, 7) is 3.27. The Morgan fingerprint density at radius 1 is 1.06 bits per heavy atom. The number of carbonyl (C=O) groups is 2. The van der Waals surface area contributed by atoms with Crippen LogP contribution in [0, 0.1) is 11.6 Å². The van der Waals surface area contributed by atoms with Gasteiger partial charge in [0.1, 0.15) is 11.6 Å². The predicted molar refractivity (Wildman–Crippen MR) is 131 cm³/mol. The van der Waals surface area contributed by atoms with E-state index in [1.807, 2.05) is 6.92 Å². The molecule has 0 aliphatic carbocycles. The van der Waals surface area contributed by atoms with Crippen LogP contribution in [-0.4, -0.2) is 27.0 Å². The maximum atomic E-state index is 14.6. The van der Waals surface area contributed by atoms with Gasteiger partial charge in [0.2, 0.25) is 5.91 Å². The van der Waals surface area contributed by atoms with Crippen LogP contribution in [0.3, 0.4) is 0 Å². The number of amides is 1. The highest BCUT2D eigenvalue weighted by atomic mass is 32.2. The summed E-state index contributed by atoms with van der Waals surface area (Å²) in [5.41, 5.74) is 1.02. The molecule has 9 heteroatoms. The summed E-state index contributed by atoms with van der Waals surface area (Å²) in [7, 11) is 0. The fraction of sp³-hybridized carbons (Fsp3) is 0.154. The summed E-state index contributed by atoms with van der Waals surface area (Å²) in [4.78, 5) is 41.8. The van der Waals surface area contributed by atoms with Crippen molar-refractivity contribution in [3.8, 4) is 5.69 Å². The van der Waals surface area contributed by atoms with Gasteiger partial charge in [-0.05, 0) is 36.8 Å². The van der Waals surface area contributed by atoms with Crippen molar-refractivity contribution in [2.45, 2.75) is 25.0 Å². The molecule has 1 atom stereocenters. The molecule has 0 radical (unpaired) electrons. The van der Waals surface area contributed by atoms with Gasteiger partial charge in [0.25, 0.3) is 5.56 Å². The molecule has 1 unspecified atom stereocenters. The first-order valence-corrected chi connectivity index (χ1v) is 11.7. The quantitative estimate of drug-likeness (QED) is 0.227. The molecular weight excluding hydrogens is 472 g/mol. The summed E-state index contributed by atoms with van der Waals surface area (Å²) in [6.07, 6.45) is 0. The predicted octanol–water partition coefficient (Wildman–Crippen LogP) is 4.84. The normalized spacial score (nSPS) is 11.9. The molecule has 1 N–H and O–H groups in total. The Morgan fingerprint density at radius 2 is 1.77 bits per heavy atom. The van der Waals surface area contributed by atoms with E-state index in [1.165, 1.54) is 13.0 Å². The van der Waals surface area contributed by atoms with Gasteiger partial charge in [-0.2, -0.15) is 0 Å². The molecule has 35 heavy (non-hydrogen) atoms. The van der Waals surface area contributed by atoms with E-state index in [0.29, 0.717) is 17.1 Å². The van der Waals surface area contributed by atoms with Crippen LogP contribution in [0.2, 0.25) is 0 Å². The van der Waals surface area contributed by atoms with E-state index in [1.54, 1.807) is 48.5 Å². The average Bonchev–Trinajstić information content (AvgIpc) is 2.83. The number of nitrogens with zero attached hydrogens (tertiary/aromatic N) is 2. The first-order chi connectivity index (χ1) is 16.7. The number of para-hydroxylation sites is 1. The number of benzene rings is 3. The minimum absolute atomic E-state index is 0.0613. The van der Waals surface area contributed by atoms with Crippen molar-refractivity contribution >= 4 is 34.4 Å². The van der Waals surface area contributed by atoms with Crippen LogP contribution in [0.15, 0.2) is 76.7 Å². The smallest absolute Gasteiger partial charge is 0.266 e. The monoisotopic (exact) mass is 493 g/mol. The number of carbonyl (C=O) groups excluding carboxylic acids is 2. The lowest BCUT2D eigenvalue weighted by atomic mass is 10.0. The molecule has 4 rings (SSSR count). The van der Waals surface area contributed by atoms with Gasteiger partial charge in [-0.15, -0.1) is 0 Å². The third-order valence-electron chi connectivity index (χ3n) is 5.38. The molecule has 1 amide bonds. The molecule has 0 aliphatic heterocycles. The van der Waals surface area contributed by atoms with Gasteiger partial charge in [0.15, 0.2) is 10.9 Å². The maximum absolute atomic E-state index is 14.6. The number of thioether (sulfide) groups is 1. The number of rotatable bonds is 7. The molecule has 1 heterocycles. The second-order valence-corrected chi connectivity index (χ2v) is 8.85. The van der Waals surface area contributed by atoms with E-state index in [0.717, 1.165) is 28.0 Å². The molecule has 1 aromatic heterocycles. The highest BCUT2D eigenvalue weighted by Crippen LogP contribution is 2.24. The van der Waals surface area contributed by atoms with Crippen LogP contribution < -0.4 is 10.9 Å². The van der Waals surface area contributed by atoms with Crippen molar-refractivity contribution in [1.82, 2.24) is 14.9 Å². The minimum atomic E-state index is -0.916. The lowest BCUT2D eigenvalue weighted by Crippen LogP contribution is -2.23. The van der Waals surface area contributed by atoms with E-state index in [-0.39, 0.29) is 39.7 Å². The van der Waals surface area contributed by atoms with Crippen LogP contribution in [0.25, 0.3) is 16.6 Å². The highest BCUT2D eigenvalue weighted by Gasteiger charge is 2.18. The number of fused-ring (bicyclic) bond motifs is 1. The third kappa shape index (κ3) is 5.30. The SMILES string of the molecule is CC(=O)NC(C)c1ccc(C(=O)CSc2nc3ccccc3c(=O)n2-c2ccc(F)cc2F)cc1. The standard InChI is InChI=1S/C26H21F2N3O3S/c1-15(29-16(2)32)17-7-9-18(10-8-17)24(33)14-35-26-30-22-6-4-3-5-20(22)25(34)31(26)23-12-11-19(27)13-21(23)28/h3-13,15H,14H2,1-2H3,(H,29,32). The molecule has 0 saturated heterocycles. The van der Waals surface area contributed by atoms with Gasteiger partial charge >= 0.3 is 0 Å². The topological polar surface area (TPSA) is 81.1 Å². The molecule has 3 aromatic carbocycles. The van der Waals surface area contributed by atoms with Gasteiger partial charge in [-0.25, -0.2) is 13.8 Å². The van der Waals surface area contributed by atoms with Gasteiger partial charge in [-0.1, -0.05) is 48.2 Å². The molecular formula is C26H21F2N3O3S. The van der Waals surface area contributed by atoms with Crippen LogP contribution in [0.1, 0.15) is 35.8 Å². The summed E-state index contributed by atoms with van der Waals surface area (Å²) < 4.78 is 29.2. The Balaban J connectivity index is 1.64. The molecule has 0 bridgehead atoms. The number of halogens is 2. The molecule has 0 spiro atoms. The Morgan fingerprint density at radius 3 is 2.46 bits per heavy atom. The lowest BCUT2D eigenvalue weighted by Gasteiger charge is -2.14. The van der Waals surface area contributed by atoms with Gasteiger partial charge in [-0.3, -0.25) is 19.0 Å². The number of ketones is 1. The van der Waals surface area contributed by atoms with E-state index < -0.39 is 17.2 Å². The van der Waals surface area contributed by atoms with Crippen molar-refractivity contribution < 1.29 is 18.4 Å². The largest absolute Gasteiger partial charge is 0.350 e. The highest BCUT2D eigenvalue weighted by molar-refractivity contribution is 7.99. The first kappa shape index (κ1) is 24.3. The fourth-order valence-corrected chi connectivity index (χ4v) is 4.54. The molecule has 6 nitrogen and oxygen atoms in total. The minimum Gasteiger partial charge on any atom is -0.350 e. The van der Waals surface area contributed by atoms with E-state index in [4.69, 9.17) is 0 Å².